The lowest BCUT2D eigenvalue weighted by molar-refractivity contribution is 0.166. The number of rotatable bonds is 6. The summed E-state index contributed by atoms with van der Waals surface area (Å²) in [5, 5.41) is 3.00. The third-order valence-corrected chi connectivity index (χ3v) is 4.57. The molecule has 0 radical (unpaired) electrons. The number of aromatic nitrogens is 3. The van der Waals surface area contributed by atoms with E-state index in [1.807, 2.05) is 6.07 Å². The fourth-order valence-electron chi connectivity index (χ4n) is 2.52. The van der Waals surface area contributed by atoms with Gasteiger partial charge in [-0.05, 0) is 24.9 Å². The first-order valence-corrected chi connectivity index (χ1v) is 8.25. The first-order valence-electron chi connectivity index (χ1n) is 7.37. The molecule has 1 atom stereocenters. The van der Waals surface area contributed by atoms with Gasteiger partial charge in [0.05, 0.1) is 12.3 Å². The SMILES string of the molecule is CCN(Cc1csc(-c2ncccn2)n1)C[C@@H]1CCOC1. The molecule has 6 heteroatoms. The van der Waals surface area contributed by atoms with Gasteiger partial charge < -0.3 is 4.74 Å². The van der Waals surface area contributed by atoms with Crippen LogP contribution in [0.25, 0.3) is 10.8 Å². The van der Waals surface area contributed by atoms with E-state index in [2.05, 4.69) is 32.2 Å². The second kappa shape index (κ2) is 7.06. The van der Waals surface area contributed by atoms with Gasteiger partial charge in [0.15, 0.2) is 10.8 Å². The van der Waals surface area contributed by atoms with Crippen LogP contribution >= 0.6 is 11.3 Å². The van der Waals surface area contributed by atoms with Gasteiger partial charge in [-0.25, -0.2) is 15.0 Å². The molecule has 0 N–H and O–H groups in total. The van der Waals surface area contributed by atoms with E-state index in [4.69, 9.17) is 4.74 Å². The summed E-state index contributed by atoms with van der Waals surface area (Å²) in [6, 6.07) is 1.82. The van der Waals surface area contributed by atoms with Gasteiger partial charge >= 0.3 is 0 Å². The van der Waals surface area contributed by atoms with E-state index < -0.39 is 0 Å². The van der Waals surface area contributed by atoms with Crippen molar-refractivity contribution >= 4 is 11.3 Å². The molecule has 0 unspecified atom stereocenters. The van der Waals surface area contributed by atoms with Gasteiger partial charge in [0, 0.05) is 37.5 Å². The first kappa shape index (κ1) is 14.6. The number of ether oxygens (including phenoxy) is 1. The van der Waals surface area contributed by atoms with E-state index in [-0.39, 0.29) is 0 Å². The summed E-state index contributed by atoms with van der Waals surface area (Å²) in [4.78, 5) is 15.6. The number of nitrogens with zero attached hydrogens (tertiary/aromatic N) is 4. The van der Waals surface area contributed by atoms with Crippen LogP contribution in [-0.2, 0) is 11.3 Å². The Morgan fingerprint density at radius 3 is 2.95 bits per heavy atom. The molecule has 1 aliphatic rings. The van der Waals surface area contributed by atoms with Crippen LogP contribution in [0.1, 0.15) is 19.0 Å². The molecule has 0 amide bonds. The number of thiazole rings is 1. The molecule has 2 aromatic heterocycles. The molecule has 1 aliphatic heterocycles. The average Bonchev–Trinajstić information content (AvgIpc) is 3.19. The molecule has 0 aromatic carbocycles. The maximum absolute atomic E-state index is 5.46. The highest BCUT2D eigenvalue weighted by atomic mass is 32.1. The second-order valence-electron chi connectivity index (χ2n) is 5.27. The lowest BCUT2D eigenvalue weighted by Gasteiger charge is -2.22. The third kappa shape index (κ3) is 3.84. The van der Waals surface area contributed by atoms with Gasteiger partial charge in [-0.15, -0.1) is 11.3 Å². The maximum Gasteiger partial charge on any atom is 0.188 e. The van der Waals surface area contributed by atoms with Crippen molar-refractivity contribution in [2.75, 3.05) is 26.3 Å². The van der Waals surface area contributed by atoms with Gasteiger partial charge in [0.1, 0.15) is 0 Å². The predicted molar refractivity (Wildman–Crippen MR) is 83.0 cm³/mol. The van der Waals surface area contributed by atoms with Crippen LogP contribution < -0.4 is 0 Å². The Labute approximate surface area is 129 Å². The fraction of sp³-hybridized carbons (Fsp3) is 0.533. The van der Waals surface area contributed by atoms with E-state index in [9.17, 15) is 0 Å². The smallest absolute Gasteiger partial charge is 0.188 e. The summed E-state index contributed by atoms with van der Waals surface area (Å²) >= 11 is 1.61. The third-order valence-electron chi connectivity index (χ3n) is 3.68. The molecule has 0 aliphatic carbocycles. The van der Waals surface area contributed by atoms with Crippen molar-refractivity contribution in [2.45, 2.75) is 19.9 Å². The molecule has 112 valence electrons. The molecule has 3 rings (SSSR count). The Bertz CT molecular complexity index is 554. The van der Waals surface area contributed by atoms with Gasteiger partial charge in [0.2, 0.25) is 0 Å². The standard InChI is InChI=1S/C15H20N4OS/c1-2-19(8-12-4-7-20-10-12)9-13-11-21-15(18-13)14-16-5-3-6-17-14/h3,5-6,11-12H,2,4,7-10H2,1H3/t12-/m0/s1. The quantitative estimate of drug-likeness (QED) is 0.820. The summed E-state index contributed by atoms with van der Waals surface area (Å²) < 4.78 is 5.46. The summed E-state index contributed by atoms with van der Waals surface area (Å²) in [5.41, 5.74) is 1.10. The molecule has 0 saturated carbocycles. The van der Waals surface area contributed by atoms with Gasteiger partial charge in [0.25, 0.3) is 0 Å². The van der Waals surface area contributed by atoms with Crippen molar-refractivity contribution in [1.82, 2.24) is 19.9 Å². The Morgan fingerprint density at radius 2 is 2.24 bits per heavy atom. The molecule has 3 heterocycles. The lowest BCUT2D eigenvalue weighted by Crippen LogP contribution is -2.29. The van der Waals surface area contributed by atoms with Gasteiger partial charge in [-0.1, -0.05) is 6.92 Å². The minimum absolute atomic E-state index is 0.667. The number of hydrogen-bond donors (Lipinski definition) is 0. The molecule has 1 fully saturated rings. The zero-order chi connectivity index (χ0) is 14.5. The van der Waals surface area contributed by atoms with Crippen molar-refractivity contribution in [3.63, 3.8) is 0 Å². The summed E-state index contributed by atoms with van der Waals surface area (Å²) in [7, 11) is 0. The highest BCUT2D eigenvalue weighted by Gasteiger charge is 2.19. The monoisotopic (exact) mass is 304 g/mol. The van der Waals surface area contributed by atoms with Crippen LogP contribution in [0, 0.1) is 5.92 Å². The van der Waals surface area contributed by atoms with E-state index in [0.29, 0.717) is 11.7 Å². The van der Waals surface area contributed by atoms with Crippen LogP contribution in [0.2, 0.25) is 0 Å². The van der Waals surface area contributed by atoms with Crippen LogP contribution in [0.4, 0.5) is 0 Å². The topological polar surface area (TPSA) is 51.1 Å². The Kier molecular flexibility index (Phi) is 4.90. The predicted octanol–water partition coefficient (Wildman–Crippen LogP) is 2.46. The molecule has 2 aromatic rings. The average molecular weight is 304 g/mol. The molecular weight excluding hydrogens is 284 g/mol. The molecular formula is C15H20N4OS. The van der Waals surface area contributed by atoms with Crippen molar-refractivity contribution in [3.05, 3.63) is 29.5 Å². The zero-order valence-corrected chi connectivity index (χ0v) is 13.1. The van der Waals surface area contributed by atoms with Crippen LogP contribution in [0.5, 0.6) is 0 Å². The second-order valence-corrected chi connectivity index (χ2v) is 6.13. The van der Waals surface area contributed by atoms with Crippen LogP contribution in [0.3, 0.4) is 0 Å². The lowest BCUT2D eigenvalue weighted by atomic mass is 10.1. The Balaban J connectivity index is 1.62. The summed E-state index contributed by atoms with van der Waals surface area (Å²) in [6.07, 6.45) is 4.68. The highest BCUT2D eigenvalue weighted by molar-refractivity contribution is 7.13. The Morgan fingerprint density at radius 1 is 1.38 bits per heavy atom. The highest BCUT2D eigenvalue weighted by Crippen LogP contribution is 2.21. The largest absolute Gasteiger partial charge is 0.381 e. The van der Waals surface area contributed by atoms with Crippen molar-refractivity contribution in [1.29, 1.82) is 0 Å². The summed E-state index contributed by atoms with van der Waals surface area (Å²) in [6.45, 7) is 7.02. The summed E-state index contributed by atoms with van der Waals surface area (Å²) in [5.74, 6) is 1.38. The van der Waals surface area contributed by atoms with Crippen molar-refractivity contribution in [3.8, 4) is 10.8 Å². The number of hydrogen-bond acceptors (Lipinski definition) is 6. The van der Waals surface area contributed by atoms with E-state index in [1.165, 1.54) is 6.42 Å². The fourth-order valence-corrected chi connectivity index (χ4v) is 3.27. The van der Waals surface area contributed by atoms with Crippen LogP contribution in [0.15, 0.2) is 23.8 Å². The van der Waals surface area contributed by atoms with Gasteiger partial charge in [-0.3, -0.25) is 4.90 Å². The van der Waals surface area contributed by atoms with Gasteiger partial charge in [-0.2, -0.15) is 0 Å². The normalized spacial score (nSPS) is 18.5. The van der Waals surface area contributed by atoms with E-state index in [0.717, 1.165) is 43.5 Å². The Hall–Kier alpha value is -1.37. The molecule has 21 heavy (non-hydrogen) atoms. The van der Waals surface area contributed by atoms with E-state index >= 15 is 0 Å². The van der Waals surface area contributed by atoms with E-state index in [1.54, 1.807) is 23.7 Å². The van der Waals surface area contributed by atoms with Crippen molar-refractivity contribution < 1.29 is 4.74 Å². The minimum atomic E-state index is 0.667. The molecule has 0 spiro atoms. The van der Waals surface area contributed by atoms with Crippen LogP contribution in [-0.4, -0.2) is 46.2 Å². The maximum atomic E-state index is 5.46. The molecule has 5 nitrogen and oxygen atoms in total. The minimum Gasteiger partial charge on any atom is -0.381 e. The molecule has 1 saturated heterocycles. The van der Waals surface area contributed by atoms with Crippen molar-refractivity contribution in [2.24, 2.45) is 5.92 Å². The molecule has 0 bridgehead atoms. The first-order chi connectivity index (χ1) is 10.3. The zero-order valence-electron chi connectivity index (χ0n) is 12.2.